The van der Waals surface area contributed by atoms with E-state index < -0.39 is 11.7 Å². The van der Waals surface area contributed by atoms with Gasteiger partial charge in [0.2, 0.25) is 0 Å². The summed E-state index contributed by atoms with van der Waals surface area (Å²) in [5.74, 6) is 0.0161. The lowest BCUT2D eigenvalue weighted by Crippen LogP contribution is -2.27. The Kier molecular flexibility index (Phi) is 3.98. The average Bonchev–Trinajstić information content (AvgIpc) is 2.36. The van der Waals surface area contributed by atoms with E-state index in [0.29, 0.717) is 11.3 Å². The highest BCUT2D eigenvalue weighted by Gasteiger charge is 2.16. The highest BCUT2D eigenvalue weighted by atomic mass is 16.6. The van der Waals surface area contributed by atoms with Crippen LogP contribution in [0.25, 0.3) is 10.8 Å². The number of ether oxygens (including phenoxy) is 1. The number of hydrogen-bond acceptors (Lipinski definition) is 3. The number of nitrogens with one attached hydrogen (secondary N) is 1. The zero-order chi connectivity index (χ0) is 15.6. The Balaban J connectivity index is 2.33. The molecule has 0 bridgehead atoms. The minimum atomic E-state index is -0.545. The first kappa shape index (κ1) is 15.0. The number of amides is 1. The fourth-order valence-electron chi connectivity index (χ4n) is 2.03. The SMILES string of the molecule is CC(=O)c1ccc2c(NC(=O)OC(C)(C)C)cccc2c1. The third-order valence-corrected chi connectivity index (χ3v) is 2.92. The molecule has 4 nitrogen and oxygen atoms in total. The van der Waals surface area contributed by atoms with Gasteiger partial charge in [0.25, 0.3) is 0 Å². The van der Waals surface area contributed by atoms with Gasteiger partial charge in [-0.05, 0) is 45.2 Å². The van der Waals surface area contributed by atoms with E-state index in [2.05, 4.69) is 5.32 Å². The minimum Gasteiger partial charge on any atom is -0.444 e. The summed E-state index contributed by atoms with van der Waals surface area (Å²) in [7, 11) is 0. The molecule has 0 aliphatic rings. The highest BCUT2D eigenvalue weighted by Crippen LogP contribution is 2.25. The summed E-state index contributed by atoms with van der Waals surface area (Å²) in [6, 6.07) is 10.9. The van der Waals surface area contributed by atoms with Crippen molar-refractivity contribution >= 4 is 28.3 Å². The molecule has 0 radical (unpaired) electrons. The van der Waals surface area contributed by atoms with Crippen molar-refractivity contribution in [1.82, 2.24) is 0 Å². The Morgan fingerprint density at radius 1 is 1.10 bits per heavy atom. The lowest BCUT2D eigenvalue weighted by atomic mass is 10.0. The minimum absolute atomic E-state index is 0.0161. The lowest BCUT2D eigenvalue weighted by Gasteiger charge is -2.20. The number of carbonyl (C=O) groups excluding carboxylic acids is 2. The van der Waals surface area contributed by atoms with Gasteiger partial charge in [-0.3, -0.25) is 10.1 Å². The molecule has 2 rings (SSSR count). The summed E-state index contributed by atoms with van der Waals surface area (Å²) in [4.78, 5) is 23.3. The van der Waals surface area contributed by atoms with Crippen LogP contribution in [0.5, 0.6) is 0 Å². The van der Waals surface area contributed by atoms with Gasteiger partial charge in [0.15, 0.2) is 5.78 Å². The molecule has 2 aromatic rings. The number of ketones is 1. The average molecular weight is 285 g/mol. The molecule has 1 N–H and O–H groups in total. The molecule has 0 saturated heterocycles. The zero-order valence-corrected chi connectivity index (χ0v) is 12.7. The van der Waals surface area contributed by atoms with Gasteiger partial charge in [0.1, 0.15) is 5.60 Å². The van der Waals surface area contributed by atoms with Crippen LogP contribution in [-0.4, -0.2) is 17.5 Å². The van der Waals surface area contributed by atoms with Crippen molar-refractivity contribution in [3.63, 3.8) is 0 Å². The van der Waals surface area contributed by atoms with E-state index in [1.165, 1.54) is 6.92 Å². The van der Waals surface area contributed by atoms with Crippen LogP contribution in [0.2, 0.25) is 0 Å². The monoisotopic (exact) mass is 285 g/mol. The molecular formula is C17H19NO3. The van der Waals surface area contributed by atoms with Gasteiger partial charge >= 0.3 is 6.09 Å². The molecule has 4 heteroatoms. The van der Waals surface area contributed by atoms with Gasteiger partial charge in [0.05, 0.1) is 5.69 Å². The van der Waals surface area contributed by atoms with Crippen LogP contribution in [0.15, 0.2) is 36.4 Å². The van der Waals surface area contributed by atoms with Crippen LogP contribution >= 0.6 is 0 Å². The topological polar surface area (TPSA) is 55.4 Å². The van der Waals surface area contributed by atoms with Crippen molar-refractivity contribution in [3.05, 3.63) is 42.0 Å². The van der Waals surface area contributed by atoms with Crippen molar-refractivity contribution in [2.75, 3.05) is 5.32 Å². The number of hydrogen-bond donors (Lipinski definition) is 1. The second-order valence-electron chi connectivity index (χ2n) is 5.92. The first-order chi connectivity index (χ1) is 9.76. The highest BCUT2D eigenvalue weighted by molar-refractivity contribution is 6.04. The maximum Gasteiger partial charge on any atom is 0.412 e. The predicted molar refractivity (Wildman–Crippen MR) is 83.8 cm³/mol. The quantitative estimate of drug-likeness (QED) is 0.832. The van der Waals surface area contributed by atoms with E-state index in [1.807, 2.05) is 45.0 Å². The largest absolute Gasteiger partial charge is 0.444 e. The van der Waals surface area contributed by atoms with Gasteiger partial charge in [-0.15, -0.1) is 0 Å². The molecule has 0 aromatic heterocycles. The molecule has 0 atom stereocenters. The number of rotatable bonds is 2. The molecule has 0 spiro atoms. The van der Waals surface area contributed by atoms with E-state index in [-0.39, 0.29) is 5.78 Å². The van der Waals surface area contributed by atoms with Crippen molar-refractivity contribution in [1.29, 1.82) is 0 Å². The van der Waals surface area contributed by atoms with Gasteiger partial charge in [-0.25, -0.2) is 4.79 Å². The molecule has 0 heterocycles. The second-order valence-corrected chi connectivity index (χ2v) is 5.92. The van der Waals surface area contributed by atoms with Crippen molar-refractivity contribution in [2.45, 2.75) is 33.3 Å². The zero-order valence-electron chi connectivity index (χ0n) is 12.7. The Hall–Kier alpha value is -2.36. The number of anilines is 1. The van der Waals surface area contributed by atoms with Crippen LogP contribution in [0, 0.1) is 0 Å². The Morgan fingerprint density at radius 3 is 2.43 bits per heavy atom. The van der Waals surface area contributed by atoms with E-state index in [1.54, 1.807) is 12.1 Å². The molecule has 110 valence electrons. The standard InChI is InChI=1S/C17H19NO3/c1-11(19)12-8-9-14-13(10-12)6-5-7-15(14)18-16(20)21-17(2,3)4/h5-10H,1-4H3,(H,18,20). The van der Waals surface area contributed by atoms with E-state index in [0.717, 1.165) is 10.8 Å². The first-order valence-electron chi connectivity index (χ1n) is 6.80. The normalized spacial score (nSPS) is 11.2. The van der Waals surface area contributed by atoms with Crippen LogP contribution in [0.3, 0.4) is 0 Å². The maximum absolute atomic E-state index is 11.9. The molecule has 0 aliphatic carbocycles. The summed E-state index contributed by atoms with van der Waals surface area (Å²) >= 11 is 0. The van der Waals surface area contributed by atoms with Gasteiger partial charge in [-0.1, -0.05) is 24.3 Å². The second kappa shape index (κ2) is 5.56. The fraction of sp³-hybridized carbons (Fsp3) is 0.294. The predicted octanol–water partition coefficient (Wildman–Crippen LogP) is 4.39. The smallest absolute Gasteiger partial charge is 0.412 e. The molecule has 1 amide bonds. The molecule has 0 fully saturated rings. The number of fused-ring (bicyclic) bond motifs is 1. The van der Waals surface area contributed by atoms with Crippen molar-refractivity contribution in [2.24, 2.45) is 0 Å². The van der Waals surface area contributed by atoms with E-state index in [9.17, 15) is 9.59 Å². The van der Waals surface area contributed by atoms with Gasteiger partial charge < -0.3 is 4.74 Å². The van der Waals surface area contributed by atoms with Crippen LogP contribution in [0.4, 0.5) is 10.5 Å². The third kappa shape index (κ3) is 3.81. The summed E-state index contributed by atoms with van der Waals surface area (Å²) in [6.45, 7) is 6.97. The van der Waals surface area contributed by atoms with Crippen LogP contribution in [-0.2, 0) is 4.74 Å². The van der Waals surface area contributed by atoms with Crippen molar-refractivity contribution in [3.8, 4) is 0 Å². The van der Waals surface area contributed by atoms with Crippen LogP contribution < -0.4 is 5.32 Å². The Bertz CT molecular complexity index is 699. The van der Waals surface area contributed by atoms with Crippen LogP contribution in [0.1, 0.15) is 38.1 Å². The fourth-order valence-corrected chi connectivity index (χ4v) is 2.03. The third-order valence-electron chi connectivity index (χ3n) is 2.92. The van der Waals surface area contributed by atoms with E-state index in [4.69, 9.17) is 4.74 Å². The number of benzene rings is 2. The summed E-state index contributed by atoms with van der Waals surface area (Å²) in [5.41, 5.74) is 0.769. The molecule has 0 saturated carbocycles. The molecule has 0 unspecified atom stereocenters. The summed E-state index contributed by atoms with van der Waals surface area (Å²) in [6.07, 6.45) is -0.495. The van der Waals surface area contributed by atoms with Crippen molar-refractivity contribution < 1.29 is 14.3 Å². The number of carbonyl (C=O) groups is 2. The Labute approximate surface area is 124 Å². The molecular weight excluding hydrogens is 266 g/mol. The summed E-state index contributed by atoms with van der Waals surface area (Å²) < 4.78 is 5.25. The first-order valence-corrected chi connectivity index (χ1v) is 6.80. The molecule has 0 aliphatic heterocycles. The van der Waals surface area contributed by atoms with Gasteiger partial charge in [0, 0.05) is 10.9 Å². The molecule has 2 aromatic carbocycles. The maximum atomic E-state index is 11.9. The van der Waals surface area contributed by atoms with Gasteiger partial charge in [-0.2, -0.15) is 0 Å². The Morgan fingerprint density at radius 2 is 1.81 bits per heavy atom. The molecule has 21 heavy (non-hydrogen) atoms. The summed E-state index contributed by atoms with van der Waals surface area (Å²) in [5, 5.41) is 4.51. The number of Topliss-reactive ketones (excluding diaryl/α,β-unsaturated/α-hetero) is 1. The lowest BCUT2D eigenvalue weighted by molar-refractivity contribution is 0.0636. The van der Waals surface area contributed by atoms with E-state index >= 15 is 0 Å².